The maximum atomic E-state index is 12.6. The van der Waals surface area contributed by atoms with Gasteiger partial charge >= 0.3 is 6.18 Å². The van der Waals surface area contributed by atoms with Crippen LogP contribution in [0, 0.1) is 0 Å². The van der Waals surface area contributed by atoms with Crippen LogP contribution >= 0.6 is 0 Å². The van der Waals surface area contributed by atoms with Crippen molar-refractivity contribution in [3.05, 3.63) is 53.6 Å². The number of carbonyl (C=O) groups is 1. The summed E-state index contributed by atoms with van der Waals surface area (Å²) in [4.78, 5) is 10.9. The Balaban J connectivity index is 2.14. The summed E-state index contributed by atoms with van der Waals surface area (Å²) >= 11 is 0. The molecule has 0 saturated carbocycles. The van der Waals surface area contributed by atoms with Crippen LogP contribution in [0.15, 0.2) is 46.9 Å². The van der Waals surface area contributed by atoms with E-state index in [0.29, 0.717) is 39.9 Å². The number of rotatable bonds is 3. The zero-order chi connectivity index (χ0) is 16.6. The number of alkyl halides is 3. The van der Waals surface area contributed by atoms with E-state index in [4.69, 9.17) is 9.15 Å². The molecule has 0 N–H and O–H groups in total. The molecule has 23 heavy (non-hydrogen) atoms. The molecule has 0 aliphatic heterocycles. The van der Waals surface area contributed by atoms with Gasteiger partial charge in [-0.05, 0) is 30.3 Å². The fraction of sp³-hybridized carbons (Fsp3) is 0.118. The Labute approximate surface area is 129 Å². The summed E-state index contributed by atoms with van der Waals surface area (Å²) in [6.45, 7) is 0. The predicted octanol–water partition coefficient (Wildman–Crippen LogP) is 4.94. The molecule has 118 valence electrons. The van der Waals surface area contributed by atoms with Crippen molar-refractivity contribution in [2.45, 2.75) is 6.18 Å². The Morgan fingerprint density at radius 3 is 2.35 bits per heavy atom. The zero-order valence-electron chi connectivity index (χ0n) is 12.0. The number of hydrogen-bond acceptors (Lipinski definition) is 3. The first-order valence-corrected chi connectivity index (χ1v) is 6.67. The van der Waals surface area contributed by atoms with Gasteiger partial charge in [0.1, 0.15) is 11.9 Å². The van der Waals surface area contributed by atoms with Gasteiger partial charge in [0.25, 0.3) is 0 Å². The van der Waals surface area contributed by atoms with Gasteiger partial charge in [-0.3, -0.25) is 4.79 Å². The lowest BCUT2D eigenvalue weighted by Gasteiger charge is -2.07. The molecule has 0 aliphatic rings. The lowest BCUT2D eigenvalue weighted by Crippen LogP contribution is -2.03. The van der Waals surface area contributed by atoms with Crippen LogP contribution in [0.3, 0.4) is 0 Å². The Kier molecular flexibility index (Phi) is 3.60. The second-order valence-electron chi connectivity index (χ2n) is 4.91. The summed E-state index contributed by atoms with van der Waals surface area (Å²) in [5.74, 6) is 0.697. The maximum Gasteiger partial charge on any atom is 0.416 e. The number of fused-ring (bicyclic) bond motifs is 1. The third-order valence-electron chi connectivity index (χ3n) is 3.48. The van der Waals surface area contributed by atoms with Crippen LogP contribution < -0.4 is 4.74 Å². The van der Waals surface area contributed by atoms with E-state index in [1.54, 1.807) is 18.2 Å². The molecule has 1 heterocycles. The molecule has 0 aliphatic carbocycles. The normalized spacial score (nSPS) is 11.7. The third-order valence-corrected chi connectivity index (χ3v) is 3.48. The molecular formula is C17H11F3O3. The van der Waals surface area contributed by atoms with Gasteiger partial charge in [0.05, 0.1) is 18.1 Å². The number of aldehydes is 1. The topological polar surface area (TPSA) is 39.4 Å². The lowest BCUT2D eigenvalue weighted by molar-refractivity contribution is -0.137. The first-order chi connectivity index (χ1) is 10.9. The number of halogens is 3. The van der Waals surface area contributed by atoms with Gasteiger partial charge in [-0.25, -0.2) is 0 Å². The second-order valence-corrected chi connectivity index (χ2v) is 4.91. The minimum Gasteiger partial charge on any atom is -0.492 e. The minimum absolute atomic E-state index is 0.319. The monoisotopic (exact) mass is 320 g/mol. The molecule has 3 aromatic rings. The molecule has 0 saturated heterocycles. The molecule has 6 heteroatoms. The molecular weight excluding hydrogens is 309 g/mol. The van der Waals surface area contributed by atoms with Gasteiger partial charge in [0.15, 0.2) is 11.5 Å². The van der Waals surface area contributed by atoms with Crippen molar-refractivity contribution < 1.29 is 27.1 Å². The average Bonchev–Trinajstić information content (AvgIpc) is 2.91. The Morgan fingerprint density at radius 2 is 1.78 bits per heavy atom. The van der Waals surface area contributed by atoms with Gasteiger partial charge < -0.3 is 9.15 Å². The van der Waals surface area contributed by atoms with E-state index in [-0.39, 0.29) is 0 Å². The molecule has 1 aromatic heterocycles. The van der Waals surface area contributed by atoms with E-state index in [2.05, 4.69) is 0 Å². The van der Waals surface area contributed by atoms with Gasteiger partial charge in [-0.15, -0.1) is 0 Å². The Bertz CT molecular complexity index is 861. The molecule has 0 unspecified atom stereocenters. The highest BCUT2D eigenvalue weighted by Crippen LogP contribution is 2.41. The van der Waals surface area contributed by atoms with E-state index in [1.807, 2.05) is 0 Å². The number of hydrogen-bond donors (Lipinski definition) is 0. The van der Waals surface area contributed by atoms with E-state index in [9.17, 15) is 18.0 Å². The summed E-state index contributed by atoms with van der Waals surface area (Å²) in [7, 11) is 1.44. The van der Waals surface area contributed by atoms with Gasteiger partial charge in [-0.1, -0.05) is 12.1 Å². The van der Waals surface area contributed by atoms with E-state index in [1.165, 1.54) is 19.2 Å². The largest absolute Gasteiger partial charge is 0.492 e. The fourth-order valence-corrected chi connectivity index (χ4v) is 2.37. The highest BCUT2D eigenvalue weighted by atomic mass is 19.4. The standard InChI is InChI=1S/C17H11F3O3/c1-22-16-13-8-10(9-21)2-7-14(13)23-15(16)11-3-5-12(6-4-11)17(18,19)20/h2-9H,1H3. The Morgan fingerprint density at radius 1 is 1.09 bits per heavy atom. The van der Waals surface area contributed by atoms with Crippen LogP contribution in [-0.4, -0.2) is 13.4 Å². The van der Waals surface area contributed by atoms with Crippen molar-refractivity contribution in [1.82, 2.24) is 0 Å². The number of methoxy groups -OCH3 is 1. The first kappa shape index (κ1) is 15.1. The molecule has 0 spiro atoms. The van der Waals surface area contributed by atoms with E-state index in [0.717, 1.165) is 12.1 Å². The highest BCUT2D eigenvalue weighted by Gasteiger charge is 2.30. The second kappa shape index (κ2) is 5.46. The zero-order valence-corrected chi connectivity index (χ0v) is 12.0. The third kappa shape index (κ3) is 2.67. The maximum absolute atomic E-state index is 12.6. The quantitative estimate of drug-likeness (QED) is 0.642. The lowest BCUT2D eigenvalue weighted by atomic mass is 10.1. The smallest absolute Gasteiger partial charge is 0.416 e. The molecule has 2 aromatic carbocycles. The molecule has 0 atom stereocenters. The van der Waals surface area contributed by atoms with Gasteiger partial charge in [0.2, 0.25) is 0 Å². The van der Waals surface area contributed by atoms with Crippen molar-refractivity contribution >= 4 is 17.3 Å². The van der Waals surface area contributed by atoms with Crippen LogP contribution in [0.5, 0.6) is 5.75 Å². The van der Waals surface area contributed by atoms with Crippen molar-refractivity contribution in [2.24, 2.45) is 0 Å². The fourth-order valence-electron chi connectivity index (χ4n) is 2.37. The van der Waals surface area contributed by atoms with Crippen molar-refractivity contribution in [1.29, 1.82) is 0 Å². The highest BCUT2D eigenvalue weighted by molar-refractivity contribution is 5.95. The van der Waals surface area contributed by atoms with Gasteiger partial charge in [0, 0.05) is 11.1 Å². The van der Waals surface area contributed by atoms with E-state index >= 15 is 0 Å². The molecule has 0 radical (unpaired) electrons. The summed E-state index contributed by atoms with van der Waals surface area (Å²) < 4.78 is 48.9. The molecule has 0 bridgehead atoms. The molecule has 0 amide bonds. The first-order valence-electron chi connectivity index (χ1n) is 6.67. The summed E-state index contributed by atoms with van der Waals surface area (Å²) in [6.07, 6.45) is -3.70. The van der Waals surface area contributed by atoms with Gasteiger partial charge in [-0.2, -0.15) is 13.2 Å². The van der Waals surface area contributed by atoms with Crippen LogP contribution in [0.4, 0.5) is 13.2 Å². The summed E-state index contributed by atoms with van der Waals surface area (Å²) in [6, 6.07) is 9.44. The van der Waals surface area contributed by atoms with Crippen LogP contribution in [0.2, 0.25) is 0 Å². The van der Waals surface area contributed by atoms with Crippen LogP contribution in [0.1, 0.15) is 15.9 Å². The van der Waals surface area contributed by atoms with Crippen molar-refractivity contribution in [3.63, 3.8) is 0 Å². The van der Waals surface area contributed by atoms with Crippen molar-refractivity contribution in [2.75, 3.05) is 7.11 Å². The van der Waals surface area contributed by atoms with Crippen LogP contribution in [-0.2, 0) is 6.18 Å². The predicted molar refractivity (Wildman–Crippen MR) is 78.6 cm³/mol. The summed E-state index contributed by atoms with van der Waals surface area (Å²) in [5.41, 5.74) is 0.663. The van der Waals surface area contributed by atoms with Crippen molar-refractivity contribution in [3.8, 4) is 17.1 Å². The number of furan rings is 1. The SMILES string of the molecule is COc1c(-c2ccc(C(F)(F)F)cc2)oc2ccc(C=O)cc12. The molecule has 3 rings (SSSR count). The number of ether oxygens (including phenoxy) is 1. The minimum atomic E-state index is -4.39. The number of benzene rings is 2. The van der Waals surface area contributed by atoms with E-state index < -0.39 is 11.7 Å². The molecule has 3 nitrogen and oxygen atoms in total. The molecule has 0 fully saturated rings. The average molecular weight is 320 g/mol. The number of carbonyl (C=O) groups excluding carboxylic acids is 1. The Hall–Kier alpha value is -2.76. The summed E-state index contributed by atoms with van der Waals surface area (Å²) in [5, 5.41) is 0.590. The van der Waals surface area contributed by atoms with Crippen LogP contribution in [0.25, 0.3) is 22.3 Å².